The molecule has 1 unspecified atom stereocenters. The first-order valence-corrected chi connectivity index (χ1v) is 5.88. The normalized spacial score (nSPS) is 20.9. The van der Waals surface area contributed by atoms with E-state index in [1.807, 2.05) is 7.05 Å². The maximum atomic E-state index is 11.4. The molecule has 88 valence electrons. The van der Waals surface area contributed by atoms with Gasteiger partial charge in [0.25, 0.3) is 0 Å². The second kappa shape index (κ2) is 6.80. The van der Waals surface area contributed by atoms with Gasteiger partial charge in [-0.1, -0.05) is 6.92 Å². The first kappa shape index (κ1) is 12.5. The number of hydrogen-bond acceptors (Lipinski definition) is 3. The van der Waals surface area contributed by atoms with Crippen LogP contribution in [-0.4, -0.2) is 50.6 Å². The summed E-state index contributed by atoms with van der Waals surface area (Å²) in [7, 11) is 2.02. The molecular formula is C11H23N3O. The van der Waals surface area contributed by atoms with Crippen LogP contribution in [0.15, 0.2) is 0 Å². The summed E-state index contributed by atoms with van der Waals surface area (Å²) in [4.78, 5) is 13.5. The number of amides is 1. The Labute approximate surface area is 92.4 Å². The Balaban J connectivity index is 2.11. The second-order valence-electron chi connectivity index (χ2n) is 4.41. The van der Waals surface area contributed by atoms with E-state index in [0.29, 0.717) is 12.5 Å². The van der Waals surface area contributed by atoms with Gasteiger partial charge in [-0.25, -0.2) is 0 Å². The first-order valence-electron chi connectivity index (χ1n) is 5.88. The highest BCUT2D eigenvalue weighted by Crippen LogP contribution is 2.08. The van der Waals surface area contributed by atoms with Crippen LogP contribution in [0.3, 0.4) is 0 Å². The Hall–Kier alpha value is -0.610. The van der Waals surface area contributed by atoms with Crippen molar-refractivity contribution in [2.45, 2.75) is 19.8 Å². The van der Waals surface area contributed by atoms with Crippen LogP contribution in [0.2, 0.25) is 0 Å². The number of nitrogens with one attached hydrogen (secondary N) is 2. The molecule has 0 aromatic rings. The number of rotatable bonds is 6. The number of likely N-dealkylation sites (N-methyl/N-ethyl adjacent to an activating group) is 1. The van der Waals surface area contributed by atoms with Crippen LogP contribution >= 0.6 is 0 Å². The zero-order chi connectivity index (χ0) is 11.1. The lowest BCUT2D eigenvalue weighted by atomic mass is 10.1. The molecule has 1 atom stereocenters. The topological polar surface area (TPSA) is 44.4 Å². The van der Waals surface area contributed by atoms with E-state index < -0.39 is 0 Å². The van der Waals surface area contributed by atoms with E-state index in [-0.39, 0.29) is 5.91 Å². The van der Waals surface area contributed by atoms with Crippen LogP contribution in [0, 0.1) is 5.92 Å². The number of nitrogens with zero attached hydrogens (tertiary/aromatic N) is 1. The summed E-state index contributed by atoms with van der Waals surface area (Å²) >= 11 is 0. The van der Waals surface area contributed by atoms with Gasteiger partial charge in [-0.05, 0) is 38.9 Å². The van der Waals surface area contributed by atoms with Crippen LogP contribution in [0.1, 0.15) is 19.8 Å². The van der Waals surface area contributed by atoms with E-state index in [4.69, 9.17) is 0 Å². The molecule has 1 heterocycles. The van der Waals surface area contributed by atoms with Crippen molar-refractivity contribution in [3.8, 4) is 0 Å². The molecule has 2 N–H and O–H groups in total. The highest BCUT2D eigenvalue weighted by Gasteiger charge is 2.17. The smallest absolute Gasteiger partial charge is 0.234 e. The van der Waals surface area contributed by atoms with Crippen LogP contribution in [0.4, 0.5) is 0 Å². The zero-order valence-corrected chi connectivity index (χ0v) is 9.88. The van der Waals surface area contributed by atoms with Gasteiger partial charge in [-0.3, -0.25) is 9.69 Å². The van der Waals surface area contributed by atoms with E-state index >= 15 is 0 Å². The molecule has 0 aliphatic carbocycles. The molecule has 1 amide bonds. The van der Waals surface area contributed by atoms with Crippen LogP contribution in [-0.2, 0) is 4.79 Å². The first-order chi connectivity index (χ1) is 7.22. The maximum Gasteiger partial charge on any atom is 0.234 e. The Morgan fingerprint density at radius 2 is 2.40 bits per heavy atom. The van der Waals surface area contributed by atoms with Gasteiger partial charge in [0.2, 0.25) is 5.91 Å². The van der Waals surface area contributed by atoms with Crippen LogP contribution < -0.4 is 10.6 Å². The van der Waals surface area contributed by atoms with Crippen molar-refractivity contribution < 1.29 is 4.79 Å². The van der Waals surface area contributed by atoms with Crippen molar-refractivity contribution in [2.24, 2.45) is 5.92 Å². The minimum absolute atomic E-state index is 0.144. The lowest BCUT2D eigenvalue weighted by Gasteiger charge is -2.19. The van der Waals surface area contributed by atoms with Crippen molar-refractivity contribution in [1.29, 1.82) is 0 Å². The molecule has 0 spiro atoms. The Bertz CT molecular complexity index is 190. The van der Waals surface area contributed by atoms with Crippen molar-refractivity contribution in [3.05, 3.63) is 0 Å². The standard InChI is InChI=1S/C11H23N3O/c1-3-5-13-11(15)9-14(2)8-10-4-6-12-7-10/h10,12H,3-9H2,1-2H3,(H,13,15). The van der Waals surface area contributed by atoms with Crippen molar-refractivity contribution in [1.82, 2.24) is 15.5 Å². The molecule has 0 saturated carbocycles. The largest absolute Gasteiger partial charge is 0.355 e. The molecule has 4 heteroatoms. The minimum atomic E-state index is 0.144. The minimum Gasteiger partial charge on any atom is -0.355 e. The quantitative estimate of drug-likeness (QED) is 0.655. The monoisotopic (exact) mass is 213 g/mol. The Morgan fingerprint density at radius 1 is 1.60 bits per heavy atom. The summed E-state index contributed by atoms with van der Waals surface area (Å²) in [5.41, 5.74) is 0. The van der Waals surface area contributed by atoms with E-state index in [0.717, 1.165) is 32.6 Å². The number of carbonyl (C=O) groups is 1. The predicted octanol–water partition coefficient (Wildman–Crippen LogP) is 0.0539. The van der Waals surface area contributed by atoms with Gasteiger partial charge < -0.3 is 10.6 Å². The van der Waals surface area contributed by atoms with Gasteiger partial charge >= 0.3 is 0 Å². The number of carbonyl (C=O) groups excluding carboxylic acids is 1. The average Bonchev–Trinajstić information content (AvgIpc) is 2.67. The molecule has 1 rings (SSSR count). The van der Waals surface area contributed by atoms with Gasteiger partial charge in [-0.2, -0.15) is 0 Å². The zero-order valence-electron chi connectivity index (χ0n) is 9.88. The van der Waals surface area contributed by atoms with E-state index in [1.54, 1.807) is 0 Å². The predicted molar refractivity (Wildman–Crippen MR) is 61.8 cm³/mol. The third-order valence-electron chi connectivity index (χ3n) is 2.72. The lowest BCUT2D eigenvalue weighted by molar-refractivity contribution is -0.122. The Morgan fingerprint density at radius 3 is 3.00 bits per heavy atom. The fourth-order valence-electron chi connectivity index (χ4n) is 1.94. The molecule has 0 aromatic carbocycles. The molecule has 0 aromatic heterocycles. The molecular weight excluding hydrogens is 190 g/mol. The molecule has 1 saturated heterocycles. The summed E-state index contributed by atoms with van der Waals surface area (Å²) < 4.78 is 0. The third kappa shape index (κ3) is 5.14. The fourth-order valence-corrected chi connectivity index (χ4v) is 1.94. The summed E-state index contributed by atoms with van der Waals surface area (Å²) in [6.45, 7) is 6.62. The summed E-state index contributed by atoms with van der Waals surface area (Å²) in [6, 6.07) is 0. The summed E-state index contributed by atoms with van der Waals surface area (Å²) in [5, 5.41) is 6.23. The molecule has 1 aliphatic rings. The third-order valence-corrected chi connectivity index (χ3v) is 2.72. The highest BCUT2D eigenvalue weighted by molar-refractivity contribution is 5.77. The molecule has 0 bridgehead atoms. The van der Waals surface area contributed by atoms with Gasteiger partial charge in [0, 0.05) is 13.1 Å². The van der Waals surface area contributed by atoms with Crippen LogP contribution in [0.25, 0.3) is 0 Å². The molecule has 15 heavy (non-hydrogen) atoms. The van der Waals surface area contributed by atoms with Crippen molar-refractivity contribution >= 4 is 5.91 Å². The Kier molecular flexibility index (Phi) is 5.65. The second-order valence-corrected chi connectivity index (χ2v) is 4.41. The average molecular weight is 213 g/mol. The molecule has 4 nitrogen and oxygen atoms in total. The molecule has 0 radical (unpaired) electrons. The van der Waals surface area contributed by atoms with Gasteiger partial charge in [0.15, 0.2) is 0 Å². The molecule has 1 aliphatic heterocycles. The van der Waals surface area contributed by atoms with E-state index in [1.165, 1.54) is 6.42 Å². The summed E-state index contributed by atoms with van der Waals surface area (Å²) in [6.07, 6.45) is 2.24. The highest BCUT2D eigenvalue weighted by atomic mass is 16.2. The summed E-state index contributed by atoms with van der Waals surface area (Å²) in [5.74, 6) is 0.860. The van der Waals surface area contributed by atoms with Gasteiger partial charge in [0.05, 0.1) is 6.54 Å². The van der Waals surface area contributed by atoms with E-state index in [2.05, 4.69) is 22.5 Å². The SMILES string of the molecule is CCCNC(=O)CN(C)CC1CCNC1. The van der Waals surface area contributed by atoms with Gasteiger partial charge in [-0.15, -0.1) is 0 Å². The van der Waals surface area contributed by atoms with Crippen LogP contribution in [0.5, 0.6) is 0 Å². The van der Waals surface area contributed by atoms with E-state index in [9.17, 15) is 4.79 Å². The molecule has 1 fully saturated rings. The maximum absolute atomic E-state index is 11.4. The number of hydrogen-bond donors (Lipinski definition) is 2. The van der Waals surface area contributed by atoms with Gasteiger partial charge in [0.1, 0.15) is 0 Å². The fraction of sp³-hybridized carbons (Fsp3) is 0.909. The lowest BCUT2D eigenvalue weighted by Crippen LogP contribution is -2.37. The van der Waals surface area contributed by atoms with Crippen molar-refractivity contribution in [2.75, 3.05) is 39.8 Å². The van der Waals surface area contributed by atoms with Crippen molar-refractivity contribution in [3.63, 3.8) is 0 Å².